The second kappa shape index (κ2) is 16.1. The fraction of sp³-hybridized carbons (Fsp3) is 0.351. The lowest BCUT2D eigenvalue weighted by Crippen LogP contribution is -2.50. The molecular weight excluding hydrogens is 887 g/mol. The molecule has 0 spiro atoms. The summed E-state index contributed by atoms with van der Waals surface area (Å²) < 4.78 is 222. The first kappa shape index (κ1) is 45.9. The van der Waals surface area contributed by atoms with Crippen molar-refractivity contribution < 1.29 is 74.3 Å². The third-order valence-corrected chi connectivity index (χ3v) is 12.5. The summed E-state index contributed by atoms with van der Waals surface area (Å²) in [6.07, 6.45) is -24.8. The monoisotopic (exact) mass is 915 g/mol. The van der Waals surface area contributed by atoms with Crippen LogP contribution in [0.5, 0.6) is 0 Å². The Morgan fingerprint density at radius 3 is 1.51 bits per heavy atom. The van der Waals surface area contributed by atoms with E-state index in [2.05, 4.69) is 15.9 Å². The van der Waals surface area contributed by atoms with Crippen LogP contribution in [0.3, 0.4) is 0 Å². The van der Waals surface area contributed by atoms with Gasteiger partial charge in [0, 0.05) is 36.1 Å². The summed E-state index contributed by atoms with van der Waals surface area (Å²) in [5.41, 5.74) is -12.9. The van der Waals surface area contributed by atoms with Crippen molar-refractivity contribution in [1.29, 1.82) is 0 Å². The molecule has 4 aromatic rings. The van der Waals surface area contributed by atoms with Gasteiger partial charge in [0.15, 0.2) is 9.84 Å². The summed E-state index contributed by atoms with van der Waals surface area (Å²) in [5.74, 6) is -0.793. The summed E-state index contributed by atoms with van der Waals surface area (Å²) in [7, 11) is -4.44. The number of halogens is 16. The van der Waals surface area contributed by atoms with E-state index in [9.17, 15) is 74.3 Å². The highest BCUT2D eigenvalue weighted by Crippen LogP contribution is 2.55. The van der Waals surface area contributed by atoms with E-state index in [1.165, 1.54) is 19.1 Å². The number of likely N-dealkylation sites (tertiary alicyclic amines) is 1. The lowest BCUT2D eigenvalue weighted by Gasteiger charge is -2.32. The van der Waals surface area contributed by atoms with Crippen molar-refractivity contribution in [1.82, 2.24) is 4.90 Å². The molecule has 0 amide bonds. The summed E-state index contributed by atoms with van der Waals surface area (Å²) in [6.45, 7) is 1.77. The van der Waals surface area contributed by atoms with Gasteiger partial charge in [0.05, 0.1) is 4.90 Å². The van der Waals surface area contributed by atoms with Gasteiger partial charge < -0.3 is 0 Å². The van der Waals surface area contributed by atoms with E-state index >= 15 is 0 Å². The standard InChI is InChI=1S/C27H23F8NO2S.C10H6BrF7/c1-18-7-12-22(15-23(18)28)39(37,38)24(13-14-36(17-24)16-19-5-3-2-4-6-19)20-8-10-21(11-9-20)25(29,26(30,31)32)27(33,34)35;11-5-6-1-3-7(4-2-6)8(12,9(13,14)15)10(16,17)18/h2-12,15H,13-14,16-17H2,1H3;1-4H,5H2/t24-;/m0./s1. The van der Waals surface area contributed by atoms with Crippen molar-refractivity contribution in [2.45, 2.75) is 70.9 Å². The second-order valence-corrected chi connectivity index (χ2v) is 15.9. The number of benzene rings is 4. The van der Waals surface area contributed by atoms with E-state index in [0.29, 0.717) is 36.4 Å². The quantitative estimate of drug-likeness (QED) is 0.131. The Kier molecular flexibility index (Phi) is 13.0. The number of alkyl halides is 15. The number of aryl methyl sites for hydroxylation is 1. The first-order valence-corrected chi connectivity index (χ1v) is 18.9. The molecule has 312 valence electrons. The Hall–Kier alpha value is -3.78. The molecule has 1 heterocycles. The maximum Gasteiger partial charge on any atom is 0.435 e. The van der Waals surface area contributed by atoms with Crippen LogP contribution in [0.1, 0.15) is 39.8 Å². The number of hydrogen-bond donors (Lipinski definition) is 0. The Bertz CT molecular complexity index is 2070. The number of nitrogens with zero attached hydrogens (tertiary/aromatic N) is 1. The zero-order chi connectivity index (χ0) is 43.0. The van der Waals surface area contributed by atoms with Gasteiger partial charge in [-0.3, -0.25) is 4.90 Å². The van der Waals surface area contributed by atoms with E-state index in [1.807, 2.05) is 12.1 Å². The van der Waals surface area contributed by atoms with Crippen LogP contribution in [-0.4, -0.2) is 51.1 Å². The summed E-state index contributed by atoms with van der Waals surface area (Å²) in [6, 6.07) is 17.4. The zero-order valence-corrected chi connectivity index (χ0v) is 31.4. The van der Waals surface area contributed by atoms with Crippen molar-refractivity contribution in [3.8, 4) is 0 Å². The lowest BCUT2D eigenvalue weighted by molar-refractivity contribution is -0.349. The van der Waals surface area contributed by atoms with Crippen LogP contribution in [-0.2, 0) is 37.8 Å². The van der Waals surface area contributed by atoms with Crippen molar-refractivity contribution in [2.24, 2.45) is 0 Å². The van der Waals surface area contributed by atoms with Gasteiger partial charge in [0.1, 0.15) is 10.6 Å². The second-order valence-electron chi connectivity index (χ2n) is 13.1. The average molecular weight is 917 g/mol. The molecule has 57 heavy (non-hydrogen) atoms. The first-order chi connectivity index (χ1) is 26.1. The van der Waals surface area contributed by atoms with Crippen molar-refractivity contribution in [3.05, 3.63) is 136 Å². The van der Waals surface area contributed by atoms with E-state index in [0.717, 1.165) is 35.9 Å². The summed E-state index contributed by atoms with van der Waals surface area (Å²) in [5, 5.41) is 0.241. The molecule has 20 heteroatoms. The highest BCUT2D eigenvalue weighted by atomic mass is 79.9. The third-order valence-electron chi connectivity index (χ3n) is 9.41. The lowest BCUT2D eigenvalue weighted by atomic mass is 9.90. The molecule has 0 radical (unpaired) electrons. The van der Waals surface area contributed by atoms with Crippen LogP contribution >= 0.6 is 15.9 Å². The molecule has 1 aliphatic heterocycles. The fourth-order valence-electron chi connectivity index (χ4n) is 6.21. The van der Waals surface area contributed by atoms with E-state index in [1.54, 1.807) is 23.1 Å². The van der Waals surface area contributed by atoms with E-state index in [4.69, 9.17) is 0 Å². The number of hydrogen-bond acceptors (Lipinski definition) is 3. The molecule has 0 unspecified atom stereocenters. The van der Waals surface area contributed by atoms with Crippen LogP contribution in [0.2, 0.25) is 0 Å². The van der Waals surface area contributed by atoms with Crippen LogP contribution in [0, 0.1) is 12.7 Å². The van der Waals surface area contributed by atoms with Gasteiger partial charge in [-0.1, -0.05) is 101 Å². The summed E-state index contributed by atoms with van der Waals surface area (Å²) >= 11 is 2.97. The molecule has 0 saturated carbocycles. The van der Waals surface area contributed by atoms with Gasteiger partial charge in [-0.2, -0.15) is 52.7 Å². The number of sulfone groups is 1. The molecule has 1 aliphatic rings. The van der Waals surface area contributed by atoms with Gasteiger partial charge in [-0.05, 0) is 47.7 Å². The average Bonchev–Trinajstić information content (AvgIpc) is 3.56. The Balaban J connectivity index is 0.000000335. The maximum absolute atomic E-state index is 14.6. The van der Waals surface area contributed by atoms with Crippen LogP contribution in [0.15, 0.2) is 102 Å². The van der Waals surface area contributed by atoms with Gasteiger partial charge in [0.25, 0.3) is 0 Å². The highest BCUT2D eigenvalue weighted by Gasteiger charge is 2.74. The molecule has 0 aliphatic carbocycles. The molecular formula is C37H29BrF15NO2S. The molecule has 1 atom stereocenters. The Morgan fingerprint density at radius 2 is 1.09 bits per heavy atom. The molecule has 0 aromatic heterocycles. The molecule has 5 rings (SSSR count). The molecule has 3 nitrogen and oxygen atoms in total. The van der Waals surface area contributed by atoms with E-state index < -0.39 is 67.6 Å². The minimum atomic E-state index is -6.31. The molecule has 0 bridgehead atoms. The topological polar surface area (TPSA) is 37.4 Å². The van der Waals surface area contributed by atoms with Crippen LogP contribution in [0.4, 0.5) is 65.9 Å². The normalized spacial score (nSPS) is 17.6. The predicted molar refractivity (Wildman–Crippen MR) is 182 cm³/mol. The SMILES string of the molecule is Cc1ccc(S(=O)(=O)[C@@]2(c3ccc(C(F)(C(F)(F)F)C(F)(F)F)cc3)CCN(Cc3ccccc3)C2)cc1F.FC(F)(F)C(F)(c1ccc(CBr)cc1)C(F)(F)F. The Morgan fingerprint density at radius 1 is 0.632 bits per heavy atom. The third kappa shape index (κ3) is 8.67. The minimum Gasteiger partial charge on any atom is -0.297 e. The predicted octanol–water partition coefficient (Wildman–Crippen LogP) is 11.9. The van der Waals surface area contributed by atoms with Crippen molar-refractivity contribution in [3.63, 3.8) is 0 Å². The van der Waals surface area contributed by atoms with Crippen LogP contribution in [0.25, 0.3) is 0 Å². The summed E-state index contributed by atoms with van der Waals surface area (Å²) in [4.78, 5) is 1.39. The highest BCUT2D eigenvalue weighted by molar-refractivity contribution is 9.08. The Labute approximate surface area is 324 Å². The molecule has 1 fully saturated rings. The first-order valence-electron chi connectivity index (χ1n) is 16.2. The molecule has 1 saturated heterocycles. The van der Waals surface area contributed by atoms with Gasteiger partial charge in [-0.25, -0.2) is 21.6 Å². The van der Waals surface area contributed by atoms with Crippen molar-refractivity contribution >= 4 is 25.8 Å². The van der Waals surface area contributed by atoms with Gasteiger partial charge in [0.2, 0.25) is 0 Å². The minimum absolute atomic E-state index is 0.0870. The van der Waals surface area contributed by atoms with E-state index in [-0.39, 0.29) is 40.9 Å². The van der Waals surface area contributed by atoms with Gasteiger partial charge in [-0.15, -0.1) is 0 Å². The van der Waals surface area contributed by atoms with Gasteiger partial charge >= 0.3 is 36.0 Å². The fourth-order valence-corrected chi connectivity index (χ4v) is 8.70. The van der Waals surface area contributed by atoms with Crippen molar-refractivity contribution in [2.75, 3.05) is 13.1 Å². The maximum atomic E-state index is 14.6. The largest absolute Gasteiger partial charge is 0.435 e. The number of rotatable bonds is 8. The molecule has 0 N–H and O–H groups in total. The smallest absolute Gasteiger partial charge is 0.297 e. The van der Waals surface area contributed by atoms with Crippen LogP contribution < -0.4 is 0 Å². The zero-order valence-electron chi connectivity index (χ0n) is 29.0. The molecule has 4 aromatic carbocycles.